The summed E-state index contributed by atoms with van der Waals surface area (Å²) >= 11 is 0. The molecule has 2 heterocycles. The Hall–Kier alpha value is -1.97. The van der Waals surface area contributed by atoms with E-state index in [0.29, 0.717) is 5.82 Å². The van der Waals surface area contributed by atoms with Crippen molar-refractivity contribution in [2.24, 2.45) is 0 Å². The fourth-order valence-electron chi connectivity index (χ4n) is 1.45. The molecule has 2 N–H and O–H groups in total. The van der Waals surface area contributed by atoms with Crippen molar-refractivity contribution < 1.29 is 0 Å². The molecule has 0 fully saturated rings. The van der Waals surface area contributed by atoms with Crippen LogP contribution < -0.4 is 5.73 Å². The molecule has 15 heavy (non-hydrogen) atoms. The molecule has 0 atom stereocenters. The van der Waals surface area contributed by atoms with Crippen molar-refractivity contribution in [1.82, 2.24) is 15.0 Å². The van der Waals surface area contributed by atoms with Crippen molar-refractivity contribution in [3.8, 4) is 11.3 Å². The zero-order valence-electron chi connectivity index (χ0n) is 8.73. The summed E-state index contributed by atoms with van der Waals surface area (Å²) in [7, 11) is 0. The predicted octanol–water partition coefficient (Wildman–Crippen LogP) is 1.74. The van der Waals surface area contributed by atoms with Crippen LogP contribution in [-0.4, -0.2) is 15.0 Å². The van der Waals surface area contributed by atoms with Crippen molar-refractivity contribution in [2.75, 3.05) is 5.73 Å². The summed E-state index contributed by atoms with van der Waals surface area (Å²) < 4.78 is 0. The van der Waals surface area contributed by atoms with Gasteiger partial charge in [-0.15, -0.1) is 0 Å². The first-order valence-corrected chi connectivity index (χ1v) is 4.68. The highest BCUT2D eigenvalue weighted by Crippen LogP contribution is 2.22. The van der Waals surface area contributed by atoms with Crippen molar-refractivity contribution >= 4 is 5.82 Å². The van der Waals surface area contributed by atoms with Gasteiger partial charge in [-0.25, -0.2) is 9.97 Å². The number of rotatable bonds is 1. The van der Waals surface area contributed by atoms with Crippen LogP contribution in [0.15, 0.2) is 24.7 Å². The van der Waals surface area contributed by atoms with Crippen LogP contribution in [0.1, 0.15) is 11.3 Å². The summed E-state index contributed by atoms with van der Waals surface area (Å²) in [5, 5.41) is 0. The lowest BCUT2D eigenvalue weighted by Crippen LogP contribution is -1.98. The number of aromatic nitrogens is 3. The third-order valence-electron chi connectivity index (χ3n) is 2.29. The Morgan fingerprint density at radius 1 is 1.13 bits per heavy atom. The Kier molecular flexibility index (Phi) is 2.33. The highest BCUT2D eigenvalue weighted by molar-refractivity contribution is 5.66. The normalized spacial score (nSPS) is 10.3. The van der Waals surface area contributed by atoms with Crippen LogP contribution in [-0.2, 0) is 0 Å². The van der Waals surface area contributed by atoms with E-state index in [1.807, 2.05) is 26.0 Å². The van der Waals surface area contributed by atoms with Crippen LogP contribution in [0.25, 0.3) is 11.3 Å². The second-order valence-corrected chi connectivity index (χ2v) is 3.42. The molecular formula is C11H12N4. The summed E-state index contributed by atoms with van der Waals surface area (Å²) in [5.41, 5.74) is 9.49. The first-order valence-electron chi connectivity index (χ1n) is 4.68. The summed E-state index contributed by atoms with van der Waals surface area (Å²) in [6, 6.07) is 3.90. The second kappa shape index (κ2) is 3.65. The van der Waals surface area contributed by atoms with Crippen LogP contribution in [0.3, 0.4) is 0 Å². The first-order chi connectivity index (χ1) is 7.18. The van der Waals surface area contributed by atoms with E-state index in [0.717, 1.165) is 22.5 Å². The molecule has 76 valence electrons. The van der Waals surface area contributed by atoms with Gasteiger partial charge in [0.25, 0.3) is 0 Å². The fraction of sp³-hybridized carbons (Fsp3) is 0.182. The number of hydrogen-bond acceptors (Lipinski definition) is 4. The van der Waals surface area contributed by atoms with Gasteiger partial charge in [-0.2, -0.15) is 0 Å². The van der Waals surface area contributed by atoms with E-state index in [2.05, 4.69) is 15.0 Å². The topological polar surface area (TPSA) is 64.7 Å². The summed E-state index contributed by atoms with van der Waals surface area (Å²) in [5.74, 6) is 0.523. The van der Waals surface area contributed by atoms with Gasteiger partial charge in [-0.1, -0.05) is 0 Å². The van der Waals surface area contributed by atoms with Gasteiger partial charge in [0.05, 0.1) is 5.69 Å². The largest absolute Gasteiger partial charge is 0.383 e. The van der Waals surface area contributed by atoms with E-state index < -0.39 is 0 Å². The molecule has 0 aromatic carbocycles. The van der Waals surface area contributed by atoms with Gasteiger partial charge in [0, 0.05) is 23.0 Å². The smallest absolute Gasteiger partial charge is 0.130 e. The molecule has 2 aromatic rings. The monoisotopic (exact) mass is 200 g/mol. The quantitative estimate of drug-likeness (QED) is 0.761. The number of anilines is 1. The molecule has 4 heteroatoms. The Morgan fingerprint density at radius 2 is 1.93 bits per heavy atom. The summed E-state index contributed by atoms with van der Waals surface area (Å²) in [6.45, 7) is 3.86. The van der Waals surface area contributed by atoms with E-state index in [9.17, 15) is 0 Å². The van der Waals surface area contributed by atoms with E-state index in [1.165, 1.54) is 6.33 Å². The third kappa shape index (κ3) is 1.79. The average molecular weight is 200 g/mol. The van der Waals surface area contributed by atoms with Crippen LogP contribution in [0.4, 0.5) is 5.82 Å². The van der Waals surface area contributed by atoms with Gasteiger partial charge in [0.15, 0.2) is 0 Å². The van der Waals surface area contributed by atoms with Crippen molar-refractivity contribution in [3.05, 3.63) is 35.9 Å². The van der Waals surface area contributed by atoms with Gasteiger partial charge in [-0.3, -0.25) is 4.98 Å². The van der Waals surface area contributed by atoms with Crippen molar-refractivity contribution in [2.45, 2.75) is 13.8 Å². The highest BCUT2D eigenvalue weighted by Gasteiger charge is 2.06. The SMILES string of the molecule is Cc1cc(-c2ncnc(N)c2C)ccn1. The van der Waals surface area contributed by atoms with Crippen LogP contribution in [0, 0.1) is 13.8 Å². The molecule has 0 aliphatic carbocycles. The number of pyridine rings is 1. The van der Waals surface area contributed by atoms with Gasteiger partial charge in [0.2, 0.25) is 0 Å². The van der Waals surface area contributed by atoms with Crippen LogP contribution >= 0.6 is 0 Å². The number of aryl methyl sites for hydroxylation is 1. The lowest BCUT2D eigenvalue weighted by Gasteiger charge is -2.06. The molecule has 0 aliphatic rings. The van der Waals surface area contributed by atoms with Gasteiger partial charge >= 0.3 is 0 Å². The molecule has 0 amide bonds. The molecular weight excluding hydrogens is 188 g/mol. The Labute approximate surface area is 88.2 Å². The summed E-state index contributed by atoms with van der Waals surface area (Å²) in [4.78, 5) is 12.3. The minimum absolute atomic E-state index is 0.523. The fourth-order valence-corrected chi connectivity index (χ4v) is 1.45. The highest BCUT2D eigenvalue weighted by atomic mass is 14.9. The number of nitrogens with two attached hydrogens (primary N) is 1. The molecule has 0 radical (unpaired) electrons. The zero-order chi connectivity index (χ0) is 10.8. The minimum atomic E-state index is 0.523. The maximum atomic E-state index is 5.73. The van der Waals surface area contributed by atoms with E-state index >= 15 is 0 Å². The van der Waals surface area contributed by atoms with E-state index in [1.54, 1.807) is 6.20 Å². The van der Waals surface area contributed by atoms with Gasteiger partial charge in [-0.05, 0) is 26.0 Å². The average Bonchev–Trinajstić information content (AvgIpc) is 2.22. The molecule has 0 bridgehead atoms. The standard InChI is InChI=1S/C11H12N4/c1-7-5-9(3-4-13-7)10-8(2)11(12)15-6-14-10/h3-6H,1-2H3,(H2,12,14,15). The zero-order valence-corrected chi connectivity index (χ0v) is 8.73. The Bertz CT molecular complexity index is 494. The van der Waals surface area contributed by atoms with Crippen molar-refractivity contribution in [3.63, 3.8) is 0 Å². The second-order valence-electron chi connectivity index (χ2n) is 3.42. The van der Waals surface area contributed by atoms with E-state index in [-0.39, 0.29) is 0 Å². The Balaban J connectivity index is 2.59. The number of nitrogens with zero attached hydrogens (tertiary/aromatic N) is 3. The molecule has 0 unspecified atom stereocenters. The third-order valence-corrected chi connectivity index (χ3v) is 2.29. The maximum absolute atomic E-state index is 5.73. The molecule has 2 rings (SSSR count). The van der Waals surface area contributed by atoms with Gasteiger partial charge < -0.3 is 5.73 Å². The first kappa shape index (κ1) is 9.58. The van der Waals surface area contributed by atoms with Crippen LogP contribution in [0.5, 0.6) is 0 Å². The van der Waals surface area contributed by atoms with Gasteiger partial charge in [0.1, 0.15) is 12.1 Å². The van der Waals surface area contributed by atoms with Crippen LogP contribution in [0.2, 0.25) is 0 Å². The molecule has 4 nitrogen and oxygen atoms in total. The predicted molar refractivity (Wildman–Crippen MR) is 59.1 cm³/mol. The molecule has 0 aliphatic heterocycles. The molecule has 2 aromatic heterocycles. The minimum Gasteiger partial charge on any atom is -0.383 e. The van der Waals surface area contributed by atoms with E-state index in [4.69, 9.17) is 5.73 Å². The Morgan fingerprint density at radius 3 is 2.67 bits per heavy atom. The maximum Gasteiger partial charge on any atom is 0.130 e. The summed E-state index contributed by atoms with van der Waals surface area (Å²) in [6.07, 6.45) is 3.25. The number of nitrogen functional groups attached to an aromatic ring is 1. The lowest BCUT2D eigenvalue weighted by atomic mass is 10.1. The van der Waals surface area contributed by atoms with Crippen molar-refractivity contribution in [1.29, 1.82) is 0 Å². The molecule has 0 saturated heterocycles. The molecule has 0 saturated carbocycles. The number of hydrogen-bond donors (Lipinski definition) is 1. The molecule has 0 spiro atoms. The lowest BCUT2D eigenvalue weighted by molar-refractivity contribution is 1.13.